The zero-order chi connectivity index (χ0) is 15.2. The molecule has 1 fully saturated rings. The average molecular weight is 311 g/mol. The van der Waals surface area contributed by atoms with E-state index in [0.717, 1.165) is 12.8 Å². The fraction of sp³-hybridized carbons (Fsp3) is 0.500. The number of benzene rings is 1. The summed E-state index contributed by atoms with van der Waals surface area (Å²) in [5.41, 5.74) is 0. The van der Waals surface area contributed by atoms with E-state index in [1.165, 1.54) is 0 Å². The van der Waals surface area contributed by atoms with Crippen LogP contribution in [0.2, 0.25) is 5.02 Å². The van der Waals surface area contributed by atoms with Crippen molar-refractivity contribution in [2.45, 2.75) is 32.6 Å². The Morgan fingerprint density at radius 3 is 2.48 bits per heavy atom. The van der Waals surface area contributed by atoms with Crippen LogP contribution in [-0.4, -0.2) is 18.5 Å². The highest BCUT2D eigenvalue weighted by Gasteiger charge is 2.37. The van der Waals surface area contributed by atoms with Crippen LogP contribution in [0.1, 0.15) is 32.6 Å². The molecule has 4 nitrogen and oxygen atoms in total. The van der Waals surface area contributed by atoms with E-state index in [9.17, 15) is 9.59 Å². The molecule has 2 rings (SSSR count). The molecule has 0 saturated heterocycles. The van der Waals surface area contributed by atoms with E-state index in [2.05, 4.69) is 0 Å². The average Bonchev–Trinajstić information content (AvgIpc) is 2.47. The van der Waals surface area contributed by atoms with E-state index in [4.69, 9.17) is 21.1 Å². The first-order chi connectivity index (χ1) is 10.1. The first-order valence-electron chi connectivity index (χ1n) is 7.25. The largest absolute Gasteiger partial charge is 0.466 e. The predicted octanol–water partition coefficient (Wildman–Crippen LogP) is 3.61. The van der Waals surface area contributed by atoms with Crippen molar-refractivity contribution in [3.63, 3.8) is 0 Å². The summed E-state index contributed by atoms with van der Waals surface area (Å²) in [5, 5.41) is 0.505. The maximum Gasteiger partial charge on any atom is 0.315 e. The van der Waals surface area contributed by atoms with Crippen molar-refractivity contribution >= 4 is 23.5 Å². The number of hydrogen-bond acceptors (Lipinski definition) is 4. The summed E-state index contributed by atoms with van der Waals surface area (Å²) in [6.45, 7) is 2.09. The fourth-order valence-corrected chi connectivity index (χ4v) is 2.85. The van der Waals surface area contributed by atoms with Crippen molar-refractivity contribution in [2.24, 2.45) is 11.8 Å². The summed E-state index contributed by atoms with van der Waals surface area (Å²) in [4.78, 5) is 24.3. The van der Waals surface area contributed by atoms with Gasteiger partial charge in [-0.2, -0.15) is 0 Å². The lowest BCUT2D eigenvalue weighted by Crippen LogP contribution is -2.36. The van der Waals surface area contributed by atoms with Gasteiger partial charge in [0, 0.05) is 5.02 Å². The molecule has 1 aliphatic carbocycles. The summed E-state index contributed by atoms with van der Waals surface area (Å²) in [6, 6.07) is 6.68. The Kier molecular flexibility index (Phi) is 5.62. The van der Waals surface area contributed by atoms with Gasteiger partial charge in [-0.15, -0.1) is 0 Å². The van der Waals surface area contributed by atoms with Crippen molar-refractivity contribution in [3.8, 4) is 5.75 Å². The minimum Gasteiger partial charge on any atom is -0.466 e. The molecule has 0 aromatic heterocycles. The summed E-state index contributed by atoms with van der Waals surface area (Å²) < 4.78 is 10.4. The molecule has 0 radical (unpaired) electrons. The van der Waals surface area contributed by atoms with Gasteiger partial charge in [0.2, 0.25) is 0 Å². The SMILES string of the molecule is CCOC(=O)C1CCCCC1C(=O)Oc1cccc(Cl)c1. The van der Waals surface area contributed by atoms with Crippen LogP contribution in [0.25, 0.3) is 0 Å². The molecule has 114 valence electrons. The lowest BCUT2D eigenvalue weighted by Gasteiger charge is -2.28. The van der Waals surface area contributed by atoms with Gasteiger partial charge in [0.1, 0.15) is 5.75 Å². The summed E-state index contributed by atoms with van der Waals surface area (Å²) >= 11 is 5.87. The highest BCUT2D eigenvalue weighted by Crippen LogP contribution is 2.32. The van der Waals surface area contributed by atoms with E-state index in [-0.39, 0.29) is 11.9 Å². The van der Waals surface area contributed by atoms with Gasteiger partial charge in [0.15, 0.2) is 0 Å². The summed E-state index contributed by atoms with van der Waals surface area (Å²) in [7, 11) is 0. The van der Waals surface area contributed by atoms with Crippen molar-refractivity contribution in [1.29, 1.82) is 0 Å². The molecule has 0 aliphatic heterocycles. The van der Waals surface area contributed by atoms with Gasteiger partial charge in [-0.1, -0.05) is 30.5 Å². The van der Waals surface area contributed by atoms with E-state index >= 15 is 0 Å². The van der Waals surface area contributed by atoms with Gasteiger partial charge < -0.3 is 9.47 Å². The fourth-order valence-electron chi connectivity index (χ4n) is 2.67. The van der Waals surface area contributed by atoms with Gasteiger partial charge in [0.25, 0.3) is 0 Å². The van der Waals surface area contributed by atoms with Gasteiger partial charge >= 0.3 is 11.9 Å². The molecular formula is C16H19ClO4. The minimum atomic E-state index is -0.434. The minimum absolute atomic E-state index is 0.301. The Labute approximate surface area is 129 Å². The van der Waals surface area contributed by atoms with Crippen LogP contribution < -0.4 is 4.74 Å². The first kappa shape index (κ1) is 15.8. The van der Waals surface area contributed by atoms with Crippen LogP contribution in [0, 0.1) is 11.8 Å². The first-order valence-corrected chi connectivity index (χ1v) is 7.63. The number of rotatable bonds is 4. The molecule has 1 saturated carbocycles. The molecule has 0 amide bonds. The van der Waals surface area contributed by atoms with Gasteiger partial charge in [-0.3, -0.25) is 9.59 Å². The number of carbonyl (C=O) groups is 2. The van der Waals surface area contributed by atoms with Crippen LogP contribution in [0.15, 0.2) is 24.3 Å². The Morgan fingerprint density at radius 1 is 1.19 bits per heavy atom. The lowest BCUT2D eigenvalue weighted by molar-refractivity contribution is -0.158. The normalized spacial score (nSPS) is 21.6. The standard InChI is InChI=1S/C16H19ClO4/c1-2-20-15(18)13-8-3-4-9-14(13)16(19)21-12-7-5-6-11(17)10-12/h5-7,10,13-14H,2-4,8-9H2,1H3. The maximum atomic E-state index is 12.3. The van der Waals surface area contributed by atoms with Gasteiger partial charge in [-0.05, 0) is 38.0 Å². The summed E-state index contributed by atoms with van der Waals surface area (Å²) in [6.07, 6.45) is 3.19. The maximum absolute atomic E-state index is 12.3. The third-order valence-electron chi connectivity index (χ3n) is 3.67. The Bertz CT molecular complexity index is 515. The van der Waals surface area contributed by atoms with Crippen LogP contribution in [0.5, 0.6) is 5.75 Å². The molecule has 0 heterocycles. The van der Waals surface area contributed by atoms with Crippen LogP contribution in [-0.2, 0) is 14.3 Å². The monoisotopic (exact) mass is 310 g/mol. The number of esters is 2. The van der Waals surface area contributed by atoms with Crippen LogP contribution in [0.4, 0.5) is 0 Å². The second-order valence-electron chi connectivity index (χ2n) is 5.13. The molecule has 21 heavy (non-hydrogen) atoms. The second-order valence-corrected chi connectivity index (χ2v) is 5.56. The molecule has 1 aromatic carbocycles. The number of carbonyl (C=O) groups excluding carboxylic acids is 2. The van der Waals surface area contributed by atoms with E-state index in [0.29, 0.717) is 30.2 Å². The van der Waals surface area contributed by atoms with E-state index < -0.39 is 11.8 Å². The zero-order valence-corrected chi connectivity index (χ0v) is 12.8. The highest BCUT2D eigenvalue weighted by molar-refractivity contribution is 6.30. The molecule has 2 atom stereocenters. The van der Waals surface area contributed by atoms with E-state index in [1.807, 2.05) is 0 Å². The number of ether oxygens (including phenoxy) is 2. The molecule has 1 aliphatic rings. The van der Waals surface area contributed by atoms with Crippen molar-refractivity contribution in [1.82, 2.24) is 0 Å². The topological polar surface area (TPSA) is 52.6 Å². The van der Waals surface area contributed by atoms with Crippen molar-refractivity contribution in [2.75, 3.05) is 6.61 Å². The van der Waals surface area contributed by atoms with Gasteiger partial charge in [0.05, 0.1) is 18.4 Å². The Hall–Kier alpha value is -1.55. The highest BCUT2D eigenvalue weighted by atomic mass is 35.5. The molecule has 1 aromatic rings. The third kappa shape index (κ3) is 4.21. The predicted molar refractivity (Wildman–Crippen MR) is 79.2 cm³/mol. The molecule has 0 spiro atoms. The molecule has 0 N–H and O–H groups in total. The number of hydrogen-bond donors (Lipinski definition) is 0. The Balaban J connectivity index is 2.06. The number of halogens is 1. The second kappa shape index (κ2) is 7.46. The Morgan fingerprint density at radius 2 is 1.86 bits per heavy atom. The molecule has 2 unspecified atom stereocenters. The van der Waals surface area contributed by atoms with Crippen molar-refractivity contribution in [3.05, 3.63) is 29.3 Å². The lowest BCUT2D eigenvalue weighted by atomic mass is 9.79. The third-order valence-corrected chi connectivity index (χ3v) is 3.91. The van der Waals surface area contributed by atoms with Crippen LogP contribution in [0.3, 0.4) is 0 Å². The molecule has 5 heteroatoms. The van der Waals surface area contributed by atoms with E-state index in [1.54, 1.807) is 31.2 Å². The molecule has 0 bridgehead atoms. The summed E-state index contributed by atoms with van der Waals surface area (Å²) in [5.74, 6) is -1.11. The van der Waals surface area contributed by atoms with Gasteiger partial charge in [-0.25, -0.2) is 0 Å². The van der Waals surface area contributed by atoms with Crippen molar-refractivity contribution < 1.29 is 19.1 Å². The smallest absolute Gasteiger partial charge is 0.315 e. The zero-order valence-electron chi connectivity index (χ0n) is 12.0. The van der Waals surface area contributed by atoms with Crippen LogP contribution >= 0.6 is 11.6 Å². The quantitative estimate of drug-likeness (QED) is 0.629. The molecular weight excluding hydrogens is 292 g/mol.